The lowest BCUT2D eigenvalue weighted by molar-refractivity contribution is 0.0505. The van der Waals surface area contributed by atoms with Crippen molar-refractivity contribution in [2.45, 2.75) is 52.4 Å². The van der Waals surface area contributed by atoms with Crippen LogP contribution < -0.4 is 10.9 Å². The number of nitrogens with one attached hydrogen (secondary N) is 1. The third kappa shape index (κ3) is 5.40. The fraction of sp³-hybridized carbons (Fsp3) is 0.526. The summed E-state index contributed by atoms with van der Waals surface area (Å²) in [5.74, 6) is 0. The van der Waals surface area contributed by atoms with Crippen LogP contribution in [0, 0.1) is 6.92 Å². The maximum Gasteiger partial charge on any atom is 0.407 e. The molecule has 0 saturated carbocycles. The Balaban J connectivity index is 1.61. The Morgan fingerprint density at radius 1 is 1.33 bits per heavy atom. The molecule has 1 aliphatic rings. The molecule has 8 heteroatoms. The Kier molecular flexibility index (Phi) is 5.67. The van der Waals surface area contributed by atoms with Crippen molar-refractivity contribution in [2.24, 2.45) is 0 Å². The smallest absolute Gasteiger partial charge is 0.407 e. The molecule has 146 valence electrons. The highest BCUT2D eigenvalue weighted by Crippen LogP contribution is 2.25. The molecule has 1 aliphatic heterocycles. The highest BCUT2D eigenvalue weighted by Gasteiger charge is 2.26. The standard InChI is InChI=1S/C19H26N4O3S/c1-13-5-7-16(27-13)15-6-8-17(24)23(21-15)12-22-10-9-14(11-22)20-18(25)26-19(2,3)4/h5-8,14H,9-12H2,1-4H3,(H,20,25)/t14-/m0/s1. The van der Waals surface area contributed by atoms with Crippen molar-refractivity contribution in [1.82, 2.24) is 20.0 Å². The second-order valence-corrected chi connectivity index (χ2v) is 9.10. The van der Waals surface area contributed by atoms with Crippen LogP contribution in [0.4, 0.5) is 4.79 Å². The summed E-state index contributed by atoms with van der Waals surface area (Å²) >= 11 is 1.66. The van der Waals surface area contributed by atoms with Crippen LogP contribution in [0.15, 0.2) is 29.1 Å². The SMILES string of the molecule is Cc1ccc(-c2ccc(=O)n(CN3CC[C@H](NC(=O)OC(C)(C)C)C3)n2)s1. The van der Waals surface area contributed by atoms with Crippen LogP contribution in [0.5, 0.6) is 0 Å². The van der Waals surface area contributed by atoms with Gasteiger partial charge in [-0.3, -0.25) is 9.69 Å². The summed E-state index contributed by atoms with van der Waals surface area (Å²) in [4.78, 5) is 28.5. The van der Waals surface area contributed by atoms with Crippen molar-refractivity contribution in [3.05, 3.63) is 39.5 Å². The molecular formula is C19H26N4O3S. The summed E-state index contributed by atoms with van der Waals surface area (Å²) in [6, 6.07) is 7.40. The van der Waals surface area contributed by atoms with Gasteiger partial charge in [0.1, 0.15) is 11.3 Å². The van der Waals surface area contributed by atoms with Gasteiger partial charge in [-0.15, -0.1) is 11.3 Å². The lowest BCUT2D eigenvalue weighted by atomic mass is 10.2. The van der Waals surface area contributed by atoms with Gasteiger partial charge in [0, 0.05) is 30.1 Å². The minimum Gasteiger partial charge on any atom is -0.444 e. The van der Waals surface area contributed by atoms with Crippen LogP contribution in [0.1, 0.15) is 32.1 Å². The summed E-state index contributed by atoms with van der Waals surface area (Å²) in [6.07, 6.45) is 0.414. The van der Waals surface area contributed by atoms with E-state index in [0.717, 1.165) is 23.5 Å². The van der Waals surface area contributed by atoms with E-state index in [4.69, 9.17) is 4.74 Å². The molecule has 2 aromatic heterocycles. The van der Waals surface area contributed by atoms with Crippen LogP contribution in [0.25, 0.3) is 10.6 Å². The van der Waals surface area contributed by atoms with Gasteiger partial charge in [-0.1, -0.05) is 0 Å². The number of carbonyl (C=O) groups excluding carboxylic acids is 1. The van der Waals surface area contributed by atoms with Gasteiger partial charge in [0.25, 0.3) is 5.56 Å². The van der Waals surface area contributed by atoms with E-state index in [-0.39, 0.29) is 11.6 Å². The van der Waals surface area contributed by atoms with Gasteiger partial charge in [-0.2, -0.15) is 5.10 Å². The number of carbonyl (C=O) groups is 1. The lowest BCUT2D eigenvalue weighted by Gasteiger charge is -2.22. The van der Waals surface area contributed by atoms with E-state index in [1.54, 1.807) is 23.5 Å². The predicted molar refractivity (Wildman–Crippen MR) is 106 cm³/mol. The molecule has 0 spiro atoms. The number of likely N-dealkylation sites (tertiary alicyclic amines) is 1. The number of aromatic nitrogens is 2. The van der Waals surface area contributed by atoms with E-state index in [1.165, 1.54) is 9.56 Å². The highest BCUT2D eigenvalue weighted by atomic mass is 32.1. The normalized spacial score (nSPS) is 17.9. The summed E-state index contributed by atoms with van der Waals surface area (Å²) in [6.45, 7) is 9.43. The molecule has 2 aromatic rings. The first-order chi connectivity index (χ1) is 12.7. The quantitative estimate of drug-likeness (QED) is 0.869. The molecule has 0 unspecified atom stereocenters. The van der Waals surface area contributed by atoms with Crippen LogP contribution >= 0.6 is 11.3 Å². The van der Waals surface area contributed by atoms with Gasteiger partial charge in [-0.25, -0.2) is 9.48 Å². The predicted octanol–water partition coefficient (Wildman–Crippen LogP) is 2.84. The Morgan fingerprint density at radius 3 is 2.78 bits per heavy atom. The molecule has 7 nitrogen and oxygen atoms in total. The Labute approximate surface area is 163 Å². The number of ether oxygens (including phenoxy) is 1. The second-order valence-electron chi connectivity index (χ2n) is 7.82. The highest BCUT2D eigenvalue weighted by molar-refractivity contribution is 7.15. The fourth-order valence-corrected chi connectivity index (χ4v) is 3.83. The first-order valence-electron chi connectivity index (χ1n) is 9.06. The Morgan fingerprint density at radius 2 is 2.11 bits per heavy atom. The zero-order valence-corrected chi connectivity index (χ0v) is 17.0. The molecule has 0 radical (unpaired) electrons. The van der Waals surface area contributed by atoms with Gasteiger partial charge in [0.05, 0.1) is 11.5 Å². The second kappa shape index (κ2) is 7.82. The first-order valence-corrected chi connectivity index (χ1v) is 9.88. The number of thiophene rings is 1. The van der Waals surface area contributed by atoms with Crippen molar-refractivity contribution >= 4 is 17.4 Å². The number of alkyl carbamates (subject to hydrolysis) is 1. The fourth-order valence-electron chi connectivity index (χ4n) is 3.00. The minimum atomic E-state index is -0.514. The Hall–Kier alpha value is -2.19. The summed E-state index contributed by atoms with van der Waals surface area (Å²) in [5, 5.41) is 7.41. The molecular weight excluding hydrogens is 364 g/mol. The molecule has 1 saturated heterocycles. The maximum absolute atomic E-state index is 12.2. The summed E-state index contributed by atoms with van der Waals surface area (Å²) < 4.78 is 6.79. The van der Waals surface area contributed by atoms with E-state index < -0.39 is 11.7 Å². The number of aryl methyl sites for hydroxylation is 1. The first kappa shape index (κ1) is 19.6. The number of hydrogen-bond acceptors (Lipinski definition) is 6. The van der Waals surface area contributed by atoms with Gasteiger partial charge >= 0.3 is 6.09 Å². The van der Waals surface area contributed by atoms with Crippen molar-refractivity contribution in [3.63, 3.8) is 0 Å². The van der Waals surface area contributed by atoms with Crippen LogP contribution in [-0.2, 0) is 11.4 Å². The van der Waals surface area contributed by atoms with Crippen LogP contribution in [0.2, 0.25) is 0 Å². The average molecular weight is 391 g/mol. The van der Waals surface area contributed by atoms with Crippen LogP contribution in [-0.4, -0.2) is 45.5 Å². The van der Waals surface area contributed by atoms with Crippen molar-refractivity contribution in [2.75, 3.05) is 13.1 Å². The molecule has 3 heterocycles. The van der Waals surface area contributed by atoms with Gasteiger partial charge < -0.3 is 10.1 Å². The Bertz CT molecular complexity index is 868. The third-order valence-electron chi connectivity index (χ3n) is 4.19. The summed E-state index contributed by atoms with van der Waals surface area (Å²) in [5.41, 5.74) is 0.158. The monoisotopic (exact) mass is 390 g/mol. The van der Waals surface area contributed by atoms with Crippen molar-refractivity contribution in [3.8, 4) is 10.6 Å². The molecule has 1 atom stereocenters. The number of rotatable bonds is 4. The molecule has 0 bridgehead atoms. The number of nitrogens with zero attached hydrogens (tertiary/aromatic N) is 3. The zero-order chi connectivity index (χ0) is 19.6. The zero-order valence-electron chi connectivity index (χ0n) is 16.2. The van der Waals surface area contributed by atoms with E-state index in [1.807, 2.05) is 39.8 Å². The molecule has 1 fully saturated rings. The van der Waals surface area contributed by atoms with Gasteiger partial charge in [-0.05, 0) is 52.3 Å². The molecule has 3 rings (SSSR count). The van der Waals surface area contributed by atoms with E-state index >= 15 is 0 Å². The topological polar surface area (TPSA) is 76.5 Å². The molecule has 1 amide bonds. The van der Waals surface area contributed by atoms with E-state index in [0.29, 0.717) is 13.2 Å². The minimum absolute atomic E-state index is 0.0127. The van der Waals surface area contributed by atoms with Crippen molar-refractivity contribution in [1.29, 1.82) is 0 Å². The molecule has 0 aromatic carbocycles. The maximum atomic E-state index is 12.2. The number of hydrogen-bond donors (Lipinski definition) is 1. The molecule has 1 N–H and O–H groups in total. The van der Waals surface area contributed by atoms with Gasteiger partial charge in [0.2, 0.25) is 0 Å². The molecule has 0 aliphatic carbocycles. The van der Waals surface area contributed by atoms with E-state index in [2.05, 4.69) is 15.3 Å². The average Bonchev–Trinajstić information content (AvgIpc) is 3.17. The summed E-state index contributed by atoms with van der Waals surface area (Å²) in [7, 11) is 0. The third-order valence-corrected chi connectivity index (χ3v) is 5.21. The largest absolute Gasteiger partial charge is 0.444 e. The van der Waals surface area contributed by atoms with Crippen molar-refractivity contribution < 1.29 is 9.53 Å². The van der Waals surface area contributed by atoms with Gasteiger partial charge in [0.15, 0.2) is 0 Å². The molecule has 27 heavy (non-hydrogen) atoms. The number of amides is 1. The van der Waals surface area contributed by atoms with Crippen LogP contribution in [0.3, 0.4) is 0 Å². The van der Waals surface area contributed by atoms with E-state index in [9.17, 15) is 9.59 Å². The lowest BCUT2D eigenvalue weighted by Crippen LogP contribution is -2.41.